The first-order chi connectivity index (χ1) is 6.56. The van der Waals surface area contributed by atoms with Crippen LogP contribution in [0.5, 0.6) is 0 Å². The van der Waals surface area contributed by atoms with Crippen molar-refractivity contribution in [3.63, 3.8) is 0 Å². The van der Waals surface area contributed by atoms with Crippen molar-refractivity contribution in [3.8, 4) is 0 Å². The molecule has 0 fully saturated rings. The highest BCUT2D eigenvalue weighted by Gasteiger charge is 2.13. The van der Waals surface area contributed by atoms with Crippen molar-refractivity contribution in [2.75, 3.05) is 0 Å². The van der Waals surface area contributed by atoms with Crippen molar-refractivity contribution in [2.45, 2.75) is 20.2 Å². The number of benzene rings is 1. The van der Waals surface area contributed by atoms with E-state index in [0.29, 0.717) is 5.46 Å². The average molecular weight is 192 g/mol. The summed E-state index contributed by atoms with van der Waals surface area (Å²) < 4.78 is 0. The molecule has 0 aliphatic carbocycles. The third-order valence-corrected chi connectivity index (χ3v) is 2.22. The van der Waals surface area contributed by atoms with Crippen LogP contribution in [0.1, 0.15) is 22.8 Å². The van der Waals surface area contributed by atoms with E-state index in [9.17, 15) is 9.82 Å². The van der Waals surface area contributed by atoms with Gasteiger partial charge in [-0.3, -0.25) is 0 Å². The van der Waals surface area contributed by atoms with E-state index in [0.717, 1.165) is 12.0 Å². The molecule has 0 saturated carbocycles. The lowest BCUT2D eigenvalue weighted by Gasteiger charge is -2.08. The Bertz CT molecular complexity index is 347. The molecule has 2 N–H and O–H groups in total. The molecule has 0 aliphatic rings. The van der Waals surface area contributed by atoms with E-state index >= 15 is 0 Å². The molecule has 0 radical (unpaired) electrons. The van der Waals surface area contributed by atoms with Crippen LogP contribution in [0.25, 0.3) is 0 Å². The molecule has 0 saturated heterocycles. The third kappa shape index (κ3) is 2.14. The summed E-state index contributed by atoms with van der Waals surface area (Å²) in [5.74, 6) is -0.963. The van der Waals surface area contributed by atoms with Crippen molar-refractivity contribution in [2.24, 2.45) is 0 Å². The van der Waals surface area contributed by atoms with Crippen molar-refractivity contribution in [3.05, 3.63) is 29.3 Å². The first-order valence-electron chi connectivity index (χ1n) is 4.60. The van der Waals surface area contributed by atoms with E-state index < -0.39 is 12.9 Å². The largest absolute Gasteiger partial charge is 0.478 e. The summed E-state index contributed by atoms with van der Waals surface area (Å²) in [5.41, 5.74) is 1.91. The van der Waals surface area contributed by atoms with Crippen molar-refractivity contribution >= 4 is 18.3 Å². The van der Waals surface area contributed by atoms with Crippen LogP contribution in [0.3, 0.4) is 0 Å². The van der Waals surface area contributed by atoms with Gasteiger partial charge >= 0.3 is 12.9 Å². The summed E-state index contributed by atoms with van der Waals surface area (Å²) in [6.45, 7) is 2.99. The Morgan fingerprint density at radius 1 is 1.50 bits per heavy atom. The Kier molecular flexibility index (Phi) is 3.30. The number of carbonyl (C=O) groups is 1. The van der Waals surface area contributed by atoms with E-state index in [1.807, 2.05) is 6.92 Å². The fourth-order valence-corrected chi connectivity index (χ4v) is 1.44. The molecule has 0 amide bonds. The van der Waals surface area contributed by atoms with Gasteiger partial charge in [0.05, 0.1) is 5.56 Å². The minimum Gasteiger partial charge on any atom is -0.478 e. The van der Waals surface area contributed by atoms with Gasteiger partial charge in [-0.1, -0.05) is 31.4 Å². The molecule has 14 heavy (non-hydrogen) atoms. The summed E-state index contributed by atoms with van der Waals surface area (Å²) in [6, 6.07) is 4.85. The van der Waals surface area contributed by atoms with E-state index in [1.165, 1.54) is 6.07 Å². The summed E-state index contributed by atoms with van der Waals surface area (Å²) in [7, 11) is 0. The minimum atomic E-state index is -0.963. The second-order valence-electron chi connectivity index (χ2n) is 3.25. The fourth-order valence-electron chi connectivity index (χ4n) is 1.44. The van der Waals surface area contributed by atoms with Gasteiger partial charge < -0.3 is 10.1 Å². The van der Waals surface area contributed by atoms with Crippen LogP contribution in [0, 0.1) is 0 Å². The van der Waals surface area contributed by atoms with Gasteiger partial charge in [0.2, 0.25) is 0 Å². The molecular formula is C10H13BO3. The van der Waals surface area contributed by atoms with Crippen LogP contribution in [0.15, 0.2) is 18.2 Å². The lowest BCUT2D eigenvalue weighted by molar-refractivity contribution is 0.0697. The van der Waals surface area contributed by atoms with Crippen molar-refractivity contribution < 1.29 is 14.9 Å². The van der Waals surface area contributed by atoms with Crippen molar-refractivity contribution in [1.82, 2.24) is 0 Å². The van der Waals surface area contributed by atoms with Crippen LogP contribution < -0.4 is 5.46 Å². The second-order valence-corrected chi connectivity index (χ2v) is 3.25. The van der Waals surface area contributed by atoms with Crippen LogP contribution in [0.2, 0.25) is 6.82 Å². The van der Waals surface area contributed by atoms with Gasteiger partial charge in [-0.15, -0.1) is 0 Å². The Morgan fingerprint density at radius 2 is 2.14 bits per heavy atom. The number of carboxylic acid groups (broad SMARTS) is 1. The molecule has 3 nitrogen and oxygen atoms in total. The van der Waals surface area contributed by atoms with Gasteiger partial charge in [0.1, 0.15) is 0 Å². The average Bonchev–Trinajstić information content (AvgIpc) is 2.16. The number of rotatable bonds is 3. The minimum absolute atomic E-state index is 0.220. The summed E-state index contributed by atoms with van der Waals surface area (Å²) >= 11 is 0. The normalized spacial score (nSPS) is 9.93. The zero-order valence-electron chi connectivity index (χ0n) is 8.32. The molecule has 0 heterocycles. The molecular weight excluding hydrogens is 179 g/mol. The lowest BCUT2D eigenvalue weighted by atomic mass is 9.62. The van der Waals surface area contributed by atoms with Crippen LogP contribution in [-0.2, 0) is 6.42 Å². The monoisotopic (exact) mass is 192 g/mol. The topological polar surface area (TPSA) is 57.5 Å². The number of carboxylic acids is 1. The summed E-state index contributed by atoms with van der Waals surface area (Å²) in [4.78, 5) is 10.7. The molecule has 0 aliphatic heterocycles. The molecule has 0 unspecified atom stereocenters. The predicted octanol–water partition coefficient (Wildman–Crippen LogP) is 0.768. The summed E-state index contributed by atoms with van der Waals surface area (Å²) in [6.07, 6.45) is 0.792. The molecule has 0 bridgehead atoms. The van der Waals surface area contributed by atoms with Gasteiger partial charge in [0.25, 0.3) is 0 Å². The first-order valence-corrected chi connectivity index (χ1v) is 4.60. The molecule has 1 aromatic rings. The van der Waals surface area contributed by atoms with Crippen molar-refractivity contribution in [1.29, 1.82) is 0 Å². The van der Waals surface area contributed by atoms with Gasteiger partial charge in [-0.2, -0.15) is 0 Å². The number of hydrogen-bond acceptors (Lipinski definition) is 2. The van der Waals surface area contributed by atoms with Crippen LogP contribution in [-0.4, -0.2) is 23.0 Å². The van der Waals surface area contributed by atoms with E-state index in [4.69, 9.17) is 5.11 Å². The maximum atomic E-state index is 10.7. The zero-order chi connectivity index (χ0) is 10.7. The van der Waals surface area contributed by atoms with Gasteiger partial charge in [-0.05, 0) is 17.9 Å². The zero-order valence-corrected chi connectivity index (χ0v) is 8.32. The fraction of sp³-hybridized carbons (Fsp3) is 0.300. The smallest absolute Gasteiger partial charge is 0.335 e. The molecule has 1 rings (SSSR count). The van der Waals surface area contributed by atoms with Crippen LogP contribution >= 0.6 is 0 Å². The number of aromatic carboxylic acids is 1. The van der Waals surface area contributed by atoms with Crippen LogP contribution in [0.4, 0.5) is 0 Å². The lowest BCUT2D eigenvalue weighted by Crippen LogP contribution is -2.30. The maximum absolute atomic E-state index is 10.7. The molecule has 0 spiro atoms. The van der Waals surface area contributed by atoms with Gasteiger partial charge in [0.15, 0.2) is 0 Å². The number of hydrogen-bond donors (Lipinski definition) is 2. The number of aryl methyl sites for hydroxylation is 1. The molecule has 0 atom stereocenters. The quantitative estimate of drug-likeness (QED) is 0.695. The highest BCUT2D eigenvalue weighted by Crippen LogP contribution is 2.04. The Hall–Kier alpha value is -1.29. The van der Waals surface area contributed by atoms with E-state index in [-0.39, 0.29) is 5.56 Å². The van der Waals surface area contributed by atoms with E-state index in [2.05, 4.69) is 0 Å². The van der Waals surface area contributed by atoms with Gasteiger partial charge in [-0.25, -0.2) is 4.79 Å². The highest BCUT2D eigenvalue weighted by molar-refractivity contribution is 6.65. The Balaban J connectivity index is 3.20. The molecule has 4 heteroatoms. The molecule has 0 aromatic heterocycles. The predicted molar refractivity (Wildman–Crippen MR) is 56.3 cm³/mol. The molecule has 74 valence electrons. The van der Waals surface area contributed by atoms with Gasteiger partial charge in [0, 0.05) is 0 Å². The first kappa shape index (κ1) is 10.8. The summed E-state index contributed by atoms with van der Waals surface area (Å²) in [5, 5.41) is 18.2. The Labute approximate surface area is 83.5 Å². The molecule has 1 aromatic carbocycles. The standard InChI is InChI=1S/C10H13BO3/c1-3-7-4-5-8(10(12)13)6-9(7)11(2)14/h4-6,14H,3H2,1-2H3,(H,12,13). The third-order valence-electron chi connectivity index (χ3n) is 2.22. The van der Waals surface area contributed by atoms with E-state index in [1.54, 1.807) is 19.0 Å². The highest BCUT2D eigenvalue weighted by atomic mass is 16.4. The Morgan fingerprint density at radius 3 is 2.57 bits per heavy atom. The second kappa shape index (κ2) is 4.29. The maximum Gasteiger partial charge on any atom is 0.335 e. The SMILES string of the molecule is CCc1ccc(C(=O)O)cc1B(C)O.